The van der Waals surface area contributed by atoms with E-state index in [0.717, 1.165) is 32.5 Å². The molecule has 5 heteroatoms. The first-order valence-corrected chi connectivity index (χ1v) is 9.63. The molecular weight excluding hydrogens is 306 g/mol. The Hall–Kier alpha value is -0.940. The standard InChI is InChI=1S/C18H31N3OS/c1-6-13-12-21(16(22)7-2)9-8-15(13)19-10-14-11-20-17(23-14)18(3,4)5/h11,13,15,19H,6-10,12H2,1-5H3/t13-,15-/m1/s1. The summed E-state index contributed by atoms with van der Waals surface area (Å²) in [4.78, 5) is 19.8. The van der Waals surface area contributed by atoms with Gasteiger partial charge in [0.15, 0.2) is 0 Å². The number of amides is 1. The highest BCUT2D eigenvalue weighted by Crippen LogP contribution is 2.27. The number of piperidine rings is 1. The first kappa shape index (κ1) is 18.4. The molecule has 2 rings (SSSR count). The lowest BCUT2D eigenvalue weighted by Crippen LogP contribution is -2.50. The lowest BCUT2D eigenvalue weighted by molar-refractivity contribution is -0.133. The summed E-state index contributed by atoms with van der Waals surface area (Å²) in [5, 5.41) is 4.91. The molecule has 1 aromatic rings. The van der Waals surface area contributed by atoms with Crippen LogP contribution in [0.15, 0.2) is 6.20 Å². The summed E-state index contributed by atoms with van der Waals surface area (Å²) in [6, 6.07) is 0.501. The molecule has 2 heterocycles. The van der Waals surface area contributed by atoms with E-state index < -0.39 is 0 Å². The van der Waals surface area contributed by atoms with E-state index in [-0.39, 0.29) is 5.41 Å². The number of aromatic nitrogens is 1. The summed E-state index contributed by atoms with van der Waals surface area (Å²) in [5.41, 5.74) is 0.126. The second-order valence-electron chi connectivity index (χ2n) is 7.52. The van der Waals surface area contributed by atoms with Gasteiger partial charge in [-0.2, -0.15) is 0 Å². The number of carbonyl (C=O) groups is 1. The normalized spacial score (nSPS) is 22.4. The maximum Gasteiger partial charge on any atom is 0.222 e. The maximum atomic E-state index is 11.9. The summed E-state index contributed by atoms with van der Waals surface area (Å²) >= 11 is 1.81. The Labute approximate surface area is 144 Å². The number of likely N-dealkylation sites (tertiary alicyclic amines) is 1. The van der Waals surface area contributed by atoms with E-state index >= 15 is 0 Å². The molecule has 1 aromatic heterocycles. The summed E-state index contributed by atoms with van der Waals surface area (Å²) in [6.07, 6.45) is 4.79. The molecule has 0 saturated carbocycles. The molecule has 1 aliphatic rings. The SMILES string of the molecule is CCC(=O)N1CC[C@@H](NCc2cnc(C(C)(C)C)s2)[C@H](CC)C1. The highest BCUT2D eigenvalue weighted by atomic mass is 32.1. The summed E-state index contributed by atoms with van der Waals surface area (Å²) in [7, 11) is 0. The van der Waals surface area contributed by atoms with Gasteiger partial charge in [-0.25, -0.2) is 4.98 Å². The van der Waals surface area contributed by atoms with Gasteiger partial charge in [0.1, 0.15) is 0 Å². The van der Waals surface area contributed by atoms with E-state index in [1.54, 1.807) is 0 Å². The van der Waals surface area contributed by atoms with Gasteiger partial charge in [-0.1, -0.05) is 41.0 Å². The molecule has 23 heavy (non-hydrogen) atoms. The van der Waals surface area contributed by atoms with Crippen molar-refractivity contribution in [3.8, 4) is 0 Å². The summed E-state index contributed by atoms with van der Waals surface area (Å²) in [5.74, 6) is 0.841. The van der Waals surface area contributed by atoms with Crippen LogP contribution in [0.5, 0.6) is 0 Å². The van der Waals surface area contributed by atoms with Gasteiger partial charge in [0, 0.05) is 48.6 Å². The predicted molar refractivity (Wildman–Crippen MR) is 96.7 cm³/mol. The molecule has 0 unspecified atom stereocenters. The van der Waals surface area contributed by atoms with Crippen molar-refractivity contribution in [3.63, 3.8) is 0 Å². The number of nitrogens with zero attached hydrogens (tertiary/aromatic N) is 2. The van der Waals surface area contributed by atoms with Crippen molar-refractivity contribution < 1.29 is 4.79 Å². The molecule has 0 radical (unpaired) electrons. The Morgan fingerprint density at radius 1 is 1.43 bits per heavy atom. The highest BCUT2D eigenvalue weighted by Gasteiger charge is 2.29. The van der Waals surface area contributed by atoms with E-state index in [4.69, 9.17) is 0 Å². The van der Waals surface area contributed by atoms with Gasteiger partial charge < -0.3 is 10.2 Å². The Kier molecular flexibility index (Phi) is 6.20. The van der Waals surface area contributed by atoms with Crippen molar-refractivity contribution in [1.29, 1.82) is 0 Å². The molecule has 1 saturated heterocycles. The zero-order chi connectivity index (χ0) is 17.0. The van der Waals surface area contributed by atoms with Crippen molar-refractivity contribution in [1.82, 2.24) is 15.2 Å². The minimum absolute atomic E-state index is 0.126. The van der Waals surface area contributed by atoms with Crippen LogP contribution in [0.25, 0.3) is 0 Å². The van der Waals surface area contributed by atoms with Crippen LogP contribution in [0.2, 0.25) is 0 Å². The number of rotatable bonds is 5. The minimum atomic E-state index is 0.126. The Balaban J connectivity index is 1.90. The van der Waals surface area contributed by atoms with Crippen LogP contribution >= 0.6 is 11.3 Å². The average molecular weight is 338 g/mol. The molecule has 0 aromatic carbocycles. The van der Waals surface area contributed by atoms with Crippen LogP contribution in [0.3, 0.4) is 0 Å². The van der Waals surface area contributed by atoms with E-state index in [1.165, 1.54) is 9.88 Å². The molecule has 0 aliphatic carbocycles. The lowest BCUT2D eigenvalue weighted by atomic mass is 9.89. The molecule has 0 spiro atoms. The van der Waals surface area contributed by atoms with Gasteiger partial charge >= 0.3 is 0 Å². The molecule has 1 aliphatic heterocycles. The highest BCUT2D eigenvalue weighted by molar-refractivity contribution is 7.11. The fourth-order valence-corrected chi connectivity index (χ4v) is 4.05. The summed E-state index contributed by atoms with van der Waals surface area (Å²) < 4.78 is 0. The van der Waals surface area contributed by atoms with E-state index in [0.29, 0.717) is 24.3 Å². The van der Waals surface area contributed by atoms with Gasteiger partial charge in [-0.05, 0) is 12.3 Å². The van der Waals surface area contributed by atoms with Crippen LogP contribution < -0.4 is 5.32 Å². The van der Waals surface area contributed by atoms with E-state index in [2.05, 4.69) is 38.0 Å². The van der Waals surface area contributed by atoms with E-state index in [1.807, 2.05) is 29.4 Å². The fourth-order valence-electron chi connectivity index (χ4n) is 3.13. The molecule has 1 N–H and O–H groups in total. The second-order valence-corrected chi connectivity index (χ2v) is 8.63. The van der Waals surface area contributed by atoms with Crippen molar-refractivity contribution in [2.45, 2.75) is 71.9 Å². The fraction of sp³-hybridized carbons (Fsp3) is 0.778. The maximum absolute atomic E-state index is 11.9. The third kappa shape index (κ3) is 4.77. The smallest absolute Gasteiger partial charge is 0.222 e. The Bertz CT molecular complexity index is 521. The average Bonchev–Trinajstić information content (AvgIpc) is 3.01. The number of hydrogen-bond acceptors (Lipinski definition) is 4. The minimum Gasteiger partial charge on any atom is -0.342 e. The molecule has 130 valence electrons. The topological polar surface area (TPSA) is 45.2 Å². The van der Waals surface area contributed by atoms with Gasteiger partial charge in [-0.3, -0.25) is 4.79 Å². The van der Waals surface area contributed by atoms with Gasteiger partial charge in [-0.15, -0.1) is 11.3 Å². The van der Waals surface area contributed by atoms with E-state index in [9.17, 15) is 4.79 Å². The number of nitrogens with one attached hydrogen (secondary N) is 1. The van der Waals surface area contributed by atoms with Gasteiger partial charge in [0.25, 0.3) is 0 Å². The van der Waals surface area contributed by atoms with Crippen molar-refractivity contribution in [2.24, 2.45) is 5.92 Å². The first-order valence-electron chi connectivity index (χ1n) is 8.81. The molecule has 1 fully saturated rings. The molecule has 2 atom stereocenters. The monoisotopic (exact) mass is 337 g/mol. The largest absolute Gasteiger partial charge is 0.342 e. The predicted octanol–water partition coefficient (Wildman–Crippen LogP) is 3.57. The third-order valence-electron chi connectivity index (χ3n) is 4.65. The Morgan fingerprint density at radius 2 is 2.17 bits per heavy atom. The van der Waals surface area contributed by atoms with Crippen LogP contribution in [0, 0.1) is 5.92 Å². The number of hydrogen-bond donors (Lipinski definition) is 1. The quantitative estimate of drug-likeness (QED) is 0.893. The van der Waals surface area contributed by atoms with Crippen molar-refractivity contribution in [3.05, 3.63) is 16.1 Å². The second kappa shape index (κ2) is 7.75. The molecular formula is C18H31N3OS. The van der Waals surface area contributed by atoms with Gasteiger partial charge in [0.2, 0.25) is 5.91 Å². The van der Waals surface area contributed by atoms with Crippen molar-refractivity contribution >= 4 is 17.2 Å². The number of thiazole rings is 1. The van der Waals surface area contributed by atoms with Crippen LogP contribution in [0.1, 0.15) is 63.8 Å². The number of carbonyl (C=O) groups excluding carboxylic acids is 1. The van der Waals surface area contributed by atoms with Crippen molar-refractivity contribution in [2.75, 3.05) is 13.1 Å². The first-order chi connectivity index (χ1) is 10.8. The third-order valence-corrected chi connectivity index (χ3v) is 6.07. The zero-order valence-electron chi connectivity index (χ0n) is 15.2. The van der Waals surface area contributed by atoms with Gasteiger partial charge in [0.05, 0.1) is 5.01 Å². The van der Waals surface area contributed by atoms with Crippen LogP contribution in [0.4, 0.5) is 0 Å². The molecule has 1 amide bonds. The van der Waals surface area contributed by atoms with Crippen LogP contribution in [-0.4, -0.2) is 34.9 Å². The summed E-state index contributed by atoms with van der Waals surface area (Å²) in [6.45, 7) is 13.5. The lowest BCUT2D eigenvalue weighted by Gasteiger charge is -2.38. The van der Waals surface area contributed by atoms with Crippen LogP contribution in [-0.2, 0) is 16.8 Å². The Morgan fingerprint density at radius 3 is 2.74 bits per heavy atom. The zero-order valence-corrected chi connectivity index (χ0v) is 16.0. The molecule has 4 nitrogen and oxygen atoms in total. The molecule has 0 bridgehead atoms.